The Morgan fingerprint density at radius 3 is 2.35 bits per heavy atom. The second kappa shape index (κ2) is 7.51. The van der Waals surface area contributed by atoms with Crippen LogP contribution in [0.15, 0.2) is 0 Å². The lowest BCUT2D eigenvalue weighted by Crippen LogP contribution is -2.40. The van der Waals surface area contributed by atoms with Crippen LogP contribution in [0.2, 0.25) is 0 Å². The lowest BCUT2D eigenvalue weighted by molar-refractivity contribution is -0.145. The van der Waals surface area contributed by atoms with Crippen LogP contribution in [0.1, 0.15) is 33.1 Å². The maximum absolute atomic E-state index is 11.8. The first-order chi connectivity index (χ1) is 7.83. The zero-order chi connectivity index (χ0) is 13.4. The Bertz CT molecular complexity index is 250. The monoisotopic (exact) mass is 252 g/mol. The van der Waals surface area contributed by atoms with Gasteiger partial charge in [0.25, 0.3) is 0 Å². The standard InChI is InChI=1S/C11H19F3N2O/c1-3-16-10(2,9-15)5-4-7-17-8-6-11(12,13)14/h16H,3-8H2,1-2H3. The zero-order valence-electron chi connectivity index (χ0n) is 10.2. The van der Waals surface area contributed by atoms with Crippen LogP contribution < -0.4 is 5.32 Å². The summed E-state index contributed by atoms with van der Waals surface area (Å²) < 4.78 is 40.2. The van der Waals surface area contributed by atoms with Crippen molar-refractivity contribution >= 4 is 0 Å². The highest BCUT2D eigenvalue weighted by atomic mass is 19.4. The fourth-order valence-electron chi connectivity index (χ4n) is 1.39. The molecule has 6 heteroatoms. The van der Waals surface area contributed by atoms with Crippen LogP contribution in [-0.2, 0) is 4.74 Å². The quantitative estimate of drug-likeness (QED) is 0.675. The molecule has 0 bridgehead atoms. The molecule has 0 heterocycles. The van der Waals surface area contributed by atoms with E-state index in [9.17, 15) is 13.2 Å². The maximum Gasteiger partial charge on any atom is 0.391 e. The summed E-state index contributed by atoms with van der Waals surface area (Å²) in [6.45, 7) is 4.29. The molecule has 0 aliphatic carbocycles. The number of rotatable bonds is 8. The molecule has 1 unspecified atom stereocenters. The Hall–Kier alpha value is -0.800. The van der Waals surface area contributed by atoms with E-state index in [1.165, 1.54) is 0 Å². The van der Waals surface area contributed by atoms with Crippen molar-refractivity contribution in [2.75, 3.05) is 19.8 Å². The largest absolute Gasteiger partial charge is 0.391 e. The van der Waals surface area contributed by atoms with Gasteiger partial charge in [-0.2, -0.15) is 18.4 Å². The van der Waals surface area contributed by atoms with Gasteiger partial charge in [-0.25, -0.2) is 0 Å². The van der Waals surface area contributed by atoms with Gasteiger partial charge in [0.1, 0.15) is 5.54 Å². The van der Waals surface area contributed by atoms with Gasteiger partial charge in [-0.05, 0) is 26.3 Å². The van der Waals surface area contributed by atoms with Crippen LogP contribution in [0.25, 0.3) is 0 Å². The molecule has 3 nitrogen and oxygen atoms in total. The summed E-state index contributed by atoms with van der Waals surface area (Å²) in [5.41, 5.74) is -0.623. The predicted molar refractivity (Wildman–Crippen MR) is 58.4 cm³/mol. The van der Waals surface area contributed by atoms with Gasteiger partial charge >= 0.3 is 6.18 Å². The fraction of sp³-hybridized carbons (Fsp3) is 0.909. The Labute approximate surface area is 99.9 Å². The highest BCUT2D eigenvalue weighted by Gasteiger charge is 2.26. The summed E-state index contributed by atoms with van der Waals surface area (Å²) in [5.74, 6) is 0. The Morgan fingerprint density at radius 2 is 1.88 bits per heavy atom. The van der Waals surface area contributed by atoms with Crippen LogP contribution in [0.4, 0.5) is 13.2 Å². The van der Waals surface area contributed by atoms with Crippen LogP contribution in [0.3, 0.4) is 0 Å². The number of nitrogens with one attached hydrogen (secondary N) is 1. The molecule has 0 saturated carbocycles. The summed E-state index contributed by atoms with van der Waals surface area (Å²) in [4.78, 5) is 0. The van der Waals surface area contributed by atoms with Crippen LogP contribution in [0, 0.1) is 11.3 Å². The fourth-order valence-corrected chi connectivity index (χ4v) is 1.39. The first-order valence-electron chi connectivity index (χ1n) is 5.64. The summed E-state index contributed by atoms with van der Waals surface area (Å²) in [6, 6.07) is 2.15. The number of alkyl halides is 3. The third-order valence-electron chi connectivity index (χ3n) is 2.31. The van der Waals surface area contributed by atoms with Gasteiger partial charge in [-0.15, -0.1) is 0 Å². The molecule has 0 aromatic rings. The van der Waals surface area contributed by atoms with Crippen molar-refractivity contribution in [2.45, 2.75) is 44.8 Å². The highest BCUT2D eigenvalue weighted by Crippen LogP contribution is 2.19. The Balaban J connectivity index is 3.61. The topological polar surface area (TPSA) is 45.0 Å². The SMILES string of the molecule is CCNC(C)(C#N)CCCOCCC(F)(F)F. The molecule has 0 spiro atoms. The van der Waals surface area contributed by atoms with Gasteiger partial charge in [0.2, 0.25) is 0 Å². The van der Waals surface area contributed by atoms with E-state index in [0.29, 0.717) is 19.4 Å². The molecular weight excluding hydrogens is 233 g/mol. The third kappa shape index (κ3) is 8.95. The van der Waals surface area contributed by atoms with Crippen LogP contribution in [-0.4, -0.2) is 31.5 Å². The van der Waals surface area contributed by atoms with Gasteiger partial charge in [-0.3, -0.25) is 5.32 Å². The van der Waals surface area contributed by atoms with Gasteiger partial charge in [0.05, 0.1) is 19.1 Å². The van der Waals surface area contributed by atoms with Crippen molar-refractivity contribution in [3.63, 3.8) is 0 Å². The number of hydrogen-bond donors (Lipinski definition) is 1. The molecule has 1 N–H and O–H groups in total. The van der Waals surface area contributed by atoms with Crippen molar-refractivity contribution in [1.82, 2.24) is 5.32 Å². The van der Waals surface area contributed by atoms with E-state index >= 15 is 0 Å². The van der Waals surface area contributed by atoms with E-state index in [2.05, 4.69) is 11.4 Å². The molecule has 0 aromatic heterocycles. The third-order valence-corrected chi connectivity index (χ3v) is 2.31. The van der Waals surface area contributed by atoms with E-state index < -0.39 is 18.1 Å². The lowest BCUT2D eigenvalue weighted by Gasteiger charge is -2.22. The number of nitrogens with zero attached hydrogens (tertiary/aromatic N) is 1. The molecule has 100 valence electrons. The smallest absolute Gasteiger partial charge is 0.381 e. The normalized spacial score (nSPS) is 15.3. The van der Waals surface area contributed by atoms with Crippen molar-refractivity contribution in [2.24, 2.45) is 0 Å². The lowest BCUT2D eigenvalue weighted by atomic mass is 9.98. The van der Waals surface area contributed by atoms with E-state index in [4.69, 9.17) is 10.00 Å². The minimum Gasteiger partial charge on any atom is -0.381 e. The molecule has 0 rings (SSSR count). The zero-order valence-corrected chi connectivity index (χ0v) is 10.2. The van der Waals surface area contributed by atoms with Crippen LogP contribution >= 0.6 is 0 Å². The summed E-state index contributed by atoms with van der Waals surface area (Å²) in [5, 5.41) is 12.0. The molecule has 17 heavy (non-hydrogen) atoms. The molecule has 0 fully saturated rings. The first kappa shape index (κ1) is 16.2. The van der Waals surface area contributed by atoms with E-state index in [1.807, 2.05) is 6.92 Å². The summed E-state index contributed by atoms with van der Waals surface area (Å²) >= 11 is 0. The minimum atomic E-state index is -4.16. The van der Waals surface area contributed by atoms with Crippen molar-refractivity contribution < 1.29 is 17.9 Å². The predicted octanol–water partition coefficient (Wildman–Crippen LogP) is 2.63. The molecule has 0 amide bonds. The molecule has 0 aromatic carbocycles. The number of nitriles is 1. The number of halogens is 3. The highest BCUT2D eigenvalue weighted by molar-refractivity contribution is 5.03. The molecule has 0 aliphatic rings. The first-order valence-corrected chi connectivity index (χ1v) is 5.64. The van der Waals surface area contributed by atoms with Crippen molar-refractivity contribution in [1.29, 1.82) is 5.26 Å². The molecule has 1 atom stereocenters. The summed E-state index contributed by atoms with van der Waals surface area (Å²) in [6.07, 6.45) is -3.96. The van der Waals surface area contributed by atoms with E-state index in [-0.39, 0.29) is 13.2 Å². The summed E-state index contributed by atoms with van der Waals surface area (Å²) in [7, 11) is 0. The van der Waals surface area contributed by atoms with Gasteiger partial charge in [0, 0.05) is 6.61 Å². The second-order valence-electron chi connectivity index (χ2n) is 4.06. The molecular formula is C11H19F3N2O. The van der Waals surface area contributed by atoms with E-state index in [0.717, 1.165) is 0 Å². The van der Waals surface area contributed by atoms with Gasteiger partial charge < -0.3 is 4.74 Å². The average molecular weight is 252 g/mol. The van der Waals surface area contributed by atoms with E-state index in [1.54, 1.807) is 6.92 Å². The minimum absolute atomic E-state index is 0.249. The van der Waals surface area contributed by atoms with Gasteiger partial charge in [-0.1, -0.05) is 6.92 Å². The van der Waals surface area contributed by atoms with Crippen LogP contribution in [0.5, 0.6) is 0 Å². The Morgan fingerprint density at radius 1 is 1.24 bits per heavy atom. The van der Waals surface area contributed by atoms with Crippen molar-refractivity contribution in [3.05, 3.63) is 0 Å². The second-order valence-corrected chi connectivity index (χ2v) is 4.06. The number of hydrogen-bond acceptors (Lipinski definition) is 3. The molecule has 0 saturated heterocycles. The molecule has 0 aliphatic heterocycles. The maximum atomic E-state index is 11.8. The van der Waals surface area contributed by atoms with Crippen molar-refractivity contribution in [3.8, 4) is 6.07 Å². The molecule has 0 radical (unpaired) electrons. The van der Waals surface area contributed by atoms with Gasteiger partial charge in [0.15, 0.2) is 0 Å². The Kier molecular flexibility index (Phi) is 7.16. The number of ether oxygens (including phenoxy) is 1. The average Bonchev–Trinajstić information content (AvgIpc) is 2.22.